The van der Waals surface area contributed by atoms with E-state index in [9.17, 15) is 9.59 Å². The summed E-state index contributed by atoms with van der Waals surface area (Å²) in [5, 5.41) is 17.1. The van der Waals surface area contributed by atoms with E-state index in [1.54, 1.807) is 0 Å². The minimum Gasteiger partial charge on any atom is -0.454 e. The van der Waals surface area contributed by atoms with E-state index in [0.717, 1.165) is 41.9 Å². The molecule has 0 radical (unpaired) electrons. The Morgan fingerprint density at radius 2 is 1.93 bits per heavy atom. The number of ether oxygens (including phenoxy) is 1. The molecule has 1 N–H and O–H groups in total. The molecule has 0 aromatic carbocycles. The number of hydrogen-bond donors (Lipinski definition) is 1. The lowest BCUT2D eigenvalue weighted by Gasteiger charge is -2.56. The van der Waals surface area contributed by atoms with Gasteiger partial charge in [-0.1, -0.05) is 6.07 Å². The molecule has 4 aliphatic rings. The second-order valence-corrected chi connectivity index (χ2v) is 9.48. The Morgan fingerprint density at radius 1 is 1.21 bits per heavy atom. The largest absolute Gasteiger partial charge is 0.454 e. The first kappa shape index (κ1) is 17.8. The van der Waals surface area contributed by atoms with E-state index in [4.69, 9.17) is 4.74 Å². The number of carbonyl (C=O) groups excluding carboxylic acids is 2. The fourth-order valence-electron chi connectivity index (χ4n) is 5.72. The first-order chi connectivity index (χ1) is 13.6. The van der Waals surface area contributed by atoms with Crippen molar-refractivity contribution in [2.75, 3.05) is 6.61 Å². The van der Waals surface area contributed by atoms with Gasteiger partial charge in [-0.15, -0.1) is 21.5 Å². The minimum atomic E-state index is -0.546. The third-order valence-corrected chi connectivity index (χ3v) is 7.14. The number of hydrogen-bond acceptors (Lipinski definition) is 7. The van der Waals surface area contributed by atoms with E-state index in [1.165, 1.54) is 35.4 Å². The van der Waals surface area contributed by atoms with Gasteiger partial charge in [0.05, 0.1) is 4.88 Å². The highest BCUT2D eigenvalue weighted by Gasteiger charge is 2.51. The number of thiophene rings is 1. The van der Waals surface area contributed by atoms with Gasteiger partial charge in [-0.05, 0) is 72.9 Å². The smallest absolute Gasteiger partial charge is 0.330 e. The van der Waals surface area contributed by atoms with Gasteiger partial charge >= 0.3 is 5.97 Å². The van der Waals surface area contributed by atoms with Gasteiger partial charge in [-0.2, -0.15) is 4.80 Å². The summed E-state index contributed by atoms with van der Waals surface area (Å²) in [6.45, 7) is -0.421. The van der Waals surface area contributed by atoms with Crippen LogP contribution < -0.4 is 5.32 Å². The lowest BCUT2D eigenvalue weighted by molar-refractivity contribution is -0.151. The summed E-state index contributed by atoms with van der Waals surface area (Å²) in [4.78, 5) is 26.5. The van der Waals surface area contributed by atoms with Crippen molar-refractivity contribution in [3.05, 3.63) is 17.5 Å². The van der Waals surface area contributed by atoms with Crippen molar-refractivity contribution in [1.29, 1.82) is 0 Å². The fourth-order valence-corrected chi connectivity index (χ4v) is 6.37. The number of amides is 1. The highest BCUT2D eigenvalue weighted by Crippen LogP contribution is 2.55. The molecule has 2 heterocycles. The van der Waals surface area contributed by atoms with E-state index in [-0.39, 0.29) is 24.6 Å². The van der Waals surface area contributed by atoms with Crippen LogP contribution in [-0.4, -0.2) is 44.2 Å². The molecule has 8 nitrogen and oxygen atoms in total. The van der Waals surface area contributed by atoms with Crippen LogP contribution in [-0.2, 0) is 20.9 Å². The van der Waals surface area contributed by atoms with Crippen LogP contribution >= 0.6 is 11.3 Å². The maximum atomic E-state index is 12.4. The van der Waals surface area contributed by atoms with Crippen molar-refractivity contribution in [3.63, 3.8) is 0 Å². The van der Waals surface area contributed by atoms with Gasteiger partial charge < -0.3 is 10.1 Å². The zero-order valence-electron chi connectivity index (χ0n) is 15.5. The molecule has 0 atom stereocenters. The zero-order valence-corrected chi connectivity index (χ0v) is 16.4. The Bertz CT molecular complexity index is 843. The van der Waals surface area contributed by atoms with Crippen molar-refractivity contribution in [1.82, 2.24) is 25.5 Å². The quantitative estimate of drug-likeness (QED) is 0.744. The number of nitrogens with zero attached hydrogens (tertiary/aromatic N) is 4. The first-order valence-corrected chi connectivity index (χ1v) is 10.7. The average molecular weight is 401 g/mol. The lowest BCUT2D eigenvalue weighted by Crippen LogP contribution is -2.60. The molecule has 2 aromatic heterocycles. The van der Waals surface area contributed by atoms with Crippen LogP contribution in [0.2, 0.25) is 0 Å². The predicted octanol–water partition coefficient (Wildman–Crippen LogP) is 2.03. The molecule has 0 unspecified atom stereocenters. The summed E-state index contributed by atoms with van der Waals surface area (Å²) in [7, 11) is 0. The van der Waals surface area contributed by atoms with Crippen molar-refractivity contribution < 1.29 is 14.3 Å². The molecule has 4 bridgehead atoms. The van der Waals surface area contributed by atoms with Crippen LogP contribution in [0.5, 0.6) is 0 Å². The second-order valence-electron chi connectivity index (χ2n) is 8.53. The van der Waals surface area contributed by atoms with Crippen LogP contribution in [0.1, 0.15) is 38.5 Å². The van der Waals surface area contributed by atoms with Crippen LogP contribution in [0.4, 0.5) is 0 Å². The van der Waals surface area contributed by atoms with Gasteiger partial charge in [-0.25, -0.2) is 4.79 Å². The molecule has 0 spiro atoms. The topological polar surface area (TPSA) is 99.0 Å². The van der Waals surface area contributed by atoms with Gasteiger partial charge in [0, 0.05) is 5.54 Å². The summed E-state index contributed by atoms with van der Waals surface area (Å²) in [5.74, 6) is 1.99. The Balaban J connectivity index is 1.12. The fraction of sp³-hybridized carbons (Fsp3) is 0.632. The molecule has 4 fully saturated rings. The SMILES string of the molecule is O=C(COC(=O)Cn1nnc(-c2cccs2)n1)NC12CC3CC(CC(C3)C1)C2. The van der Waals surface area contributed by atoms with E-state index >= 15 is 0 Å². The second kappa shape index (κ2) is 6.95. The number of nitrogens with one attached hydrogen (secondary N) is 1. The van der Waals surface area contributed by atoms with Crippen molar-refractivity contribution in [3.8, 4) is 10.7 Å². The third-order valence-electron chi connectivity index (χ3n) is 6.27. The van der Waals surface area contributed by atoms with Gasteiger partial charge in [0.25, 0.3) is 5.91 Å². The monoisotopic (exact) mass is 401 g/mol. The van der Waals surface area contributed by atoms with Crippen molar-refractivity contribution >= 4 is 23.2 Å². The Hall–Kier alpha value is -2.29. The summed E-state index contributed by atoms with van der Waals surface area (Å²) in [6.07, 6.45) is 7.20. The normalized spacial score (nSPS) is 30.4. The van der Waals surface area contributed by atoms with Crippen molar-refractivity contribution in [2.24, 2.45) is 17.8 Å². The Morgan fingerprint density at radius 3 is 2.57 bits per heavy atom. The van der Waals surface area contributed by atoms with Gasteiger partial charge in [0.1, 0.15) is 0 Å². The Kier molecular flexibility index (Phi) is 4.41. The van der Waals surface area contributed by atoms with Crippen LogP contribution in [0, 0.1) is 17.8 Å². The molecule has 148 valence electrons. The highest BCUT2D eigenvalue weighted by molar-refractivity contribution is 7.13. The van der Waals surface area contributed by atoms with Gasteiger partial charge in [-0.3, -0.25) is 4.79 Å². The molecule has 0 saturated heterocycles. The molecule has 1 amide bonds. The minimum absolute atomic E-state index is 0.0681. The Labute approximate surface area is 166 Å². The van der Waals surface area contributed by atoms with E-state index in [0.29, 0.717) is 5.82 Å². The molecule has 6 rings (SSSR count). The molecule has 2 aromatic rings. The summed E-state index contributed by atoms with van der Waals surface area (Å²) >= 11 is 1.50. The maximum Gasteiger partial charge on any atom is 0.330 e. The average Bonchev–Trinajstić information content (AvgIpc) is 3.29. The van der Waals surface area contributed by atoms with E-state index in [1.807, 2.05) is 17.5 Å². The first-order valence-electron chi connectivity index (χ1n) is 9.85. The molecular weight excluding hydrogens is 378 g/mol. The molecular formula is C19H23N5O3S. The summed E-state index contributed by atoms with van der Waals surface area (Å²) in [5.41, 5.74) is -0.0681. The number of tetrazole rings is 1. The summed E-state index contributed by atoms with van der Waals surface area (Å²) in [6, 6.07) is 3.79. The molecule has 0 aliphatic heterocycles. The number of aromatic nitrogens is 4. The molecule has 9 heteroatoms. The number of rotatable bonds is 6. The zero-order chi connectivity index (χ0) is 19.1. The molecule has 4 aliphatic carbocycles. The van der Waals surface area contributed by atoms with Crippen molar-refractivity contribution in [2.45, 2.75) is 50.6 Å². The molecule has 28 heavy (non-hydrogen) atoms. The molecule has 4 saturated carbocycles. The maximum absolute atomic E-state index is 12.4. The van der Waals surface area contributed by atoms with Crippen LogP contribution in [0.25, 0.3) is 10.7 Å². The van der Waals surface area contributed by atoms with Crippen LogP contribution in [0.15, 0.2) is 17.5 Å². The van der Waals surface area contributed by atoms with Gasteiger partial charge in [0.2, 0.25) is 5.82 Å². The lowest BCUT2D eigenvalue weighted by atomic mass is 9.53. The number of carbonyl (C=O) groups is 2. The number of esters is 1. The standard InChI is InChI=1S/C19H23N5O3S/c25-16(20-19-7-12-4-13(8-19)6-14(5-12)9-19)11-27-17(26)10-24-22-18(21-23-24)15-2-1-3-28-15/h1-3,12-14H,4-11H2,(H,20,25). The predicted molar refractivity (Wildman–Crippen MR) is 101 cm³/mol. The van der Waals surface area contributed by atoms with Crippen LogP contribution in [0.3, 0.4) is 0 Å². The van der Waals surface area contributed by atoms with E-state index in [2.05, 4.69) is 20.7 Å². The summed E-state index contributed by atoms with van der Waals surface area (Å²) < 4.78 is 5.14. The van der Waals surface area contributed by atoms with E-state index < -0.39 is 5.97 Å². The van der Waals surface area contributed by atoms with Gasteiger partial charge in [0.15, 0.2) is 13.2 Å². The third kappa shape index (κ3) is 3.55. The highest BCUT2D eigenvalue weighted by atomic mass is 32.1.